The van der Waals surface area contributed by atoms with Gasteiger partial charge in [-0.2, -0.15) is 0 Å². The third-order valence-corrected chi connectivity index (χ3v) is 9.92. The third-order valence-electron chi connectivity index (χ3n) is 9.92. The molecule has 0 aliphatic rings. The highest BCUT2D eigenvalue weighted by molar-refractivity contribution is 5.80. The molecule has 0 bridgehead atoms. The maximum Gasteiger partial charge on any atom is 0.159 e. The van der Waals surface area contributed by atoms with Crippen LogP contribution in [0.5, 0.6) is 0 Å². The SMILES string of the molecule is CC(C)(c1ccccc1)c1cccc(-c2ncc(N(c3ccc(-c4ccccc4)cc3)c3ccc(-c4ccc(-c5ccccc5)cc4)cc3)cn2)c1. The standard InChI is InChI=1S/C49H39N3/c1-49(2,43-18-10-5-11-19-43)44-20-12-17-42(33-44)48-50-34-47(35-51-48)52(45-29-25-40(26-30-45)37-15-8-4-9-16-37)46-31-27-41(28-32-46)39-23-21-38(22-24-39)36-13-6-3-7-14-36/h3-35H,1-2H3. The average Bonchev–Trinajstić information content (AvgIpc) is 3.23. The molecular formula is C49H39N3. The monoisotopic (exact) mass is 669 g/mol. The van der Waals surface area contributed by atoms with Crippen LogP contribution in [0.3, 0.4) is 0 Å². The van der Waals surface area contributed by atoms with Gasteiger partial charge >= 0.3 is 0 Å². The van der Waals surface area contributed by atoms with Crippen LogP contribution in [0.4, 0.5) is 17.1 Å². The molecule has 0 aliphatic carbocycles. The van der Waals surface area contributed by atoms with Crippen molar-refractivity contribution in [3.8, 4) is 44.8 Å². The Morgan fingerprint density at radius 1 is 0.346 bits per heavy atom. The number of nitrogens with zero attached hydrogens (tertiary/aromatic N) is 3. The topological polar surface area (TPSA) is 29.0 Å². The van der Waals surface area contributed by atoms with E-state index in [-0.39, 0.29) is 5.41 Å². The van der Waals surface area contributed by atoms with Crippen molar-refractivity contribution >= 4 is 17.1 Å². The van der Waals surface area contributed by atoms with Crippen LogP contribution in [0, 0.1) is 0 Å². The van der Waals surface area contributed by atoms with E-state index in [1.807, 2.05) is 24.5 Å². The minimum atomic E-state index is -0.157. The number of hydrogen-bond donors (Lipinski definition) is 0. The quantitative estimate of drug-likeness (QED) is 0.153. The second-order valence-electron chi connectivity index (χ2n) is 13.6. The first-order valence-electron chi connectivity index (χ1n) is 17.7. The Balaban J connectivity index is 1.11. The molecule has 0 spiro atoms. The average molecular weight is 670 g/mol. The molecule has 7 aromatic carbocycles. The molecule has 0 fully saturated rings. The second-order valence-corrected chi connectivity index (χ2v) is 13.6. The highest BCUT2D eigenvalue weighted by Crippen LogP contribution is 2.38. The van der Waals surface area contributed by atoms with Gasteiger partial charge in [-0.1, -0.05) is 172 Å². The minimum absolute atomic E-state index is 0.157. The van der Waals surface area contributed by atoms with E-state index in [9.17, 15) is 0 Å². The lowest BCUT2D eigenvalue weighted by Gasteiger charge is -2.27. The normalized spacial score (nSPS) is 11.3. The van der Waals surface area contributed by atoms with Crippen LogP contribution in [0.1, 0.15) is 25.0 Å². The first-order valence-corrected chi connectivity index (χ1v) is 17.7. The Bertz CT molecular complexity index is 2370. The molecule has 0 atom stereocenters. The van der Waals surface area contributed by atoms with Gasteiger partial charge in [-0.05, 0) is 74.8 Å². The van der Waals surface area contributed by atoms with Gasteiger partial charge in [-0.15, -0.1) is 0 Å². The summed E-state index contributed by atoms with van der Waals surface area (Å²) in [5, 5.41) is 0. The van der Waals surface area contributed by atoms with E-state index >= 15 is 0 Å². The molecule has 0 N–H and O–H groups in total. The van der Waals surface area contributed by atoms with Crippen LogP contribution < -0.4 is 4.90 Å². The smallest absolute Gasteiger partial charge is 0.159 e. The highest BCUT2D eigenvalue weighted by Gasteiger charge is 2.23. The molecule has 0 unspecified atom stereocenters. The molecule has 0 aliphatic heterocycles. The fourth-order valence-corrected chi connectivity index (χ4v) is 6.82. The fraction of sp³-hybridized carbons (Fsp3) is 0.0612. The maximum absolute atomic E-state index is 4.93. The zero-order valence-corrected chi connectivity index (χ0v) is 29.4. The fourth-order valence-electron chi connectivity index (χ4n) is 6.82. The zero-order chi connectivity index (χ0) is 35.3. The summed E-state index contributed by atoms with van der Waals surface area (Å²) in [6, 6.07) is 66.4. The van der Waals surface area contributed by atoms with Crippen molar-refractivity contribution in [3.05, 3.63) is 212 Å². The van der Waals surface area contributed by atoms with Crippen LogP contribution in [0.15, 0.2) is 200 Å². The molecule has 3 heteroatoms. The summed E-state index contributed by atoms with van der Waals surface area (Å²) in [5.74, 6) is 0.697. The van der Waals surface area contributed by atoms with E-state index in [4.69, 9.17) is 9.97 Å². The maximum atomic E-state index is 4.93. The van der Waals surface area contributed by atoms with Crippen LogP contribution in [-0.2, 0) is 5.41 Å². The number of benzene rings is 7. The number of rotatable bonds is 9. The summed E-state index contributed by atoms with van der Waals surface area (Å²) in [4.78, 5) is 12.1. The van der Waals surface area contributed by atoms with Crippen molar-refractivity contribution in [2.45, 2.75) is 19.3 Å². The molecule has 0 radical (unpaired) electrons. The number of aromatic nitrogens is 2. The summed E-state index contributed by atoms with van der Waals surface area (Å²) in [6.45, 7) is 4.52. The lowest BCUT2D eigenvalue weighted by molar-refractivity contribution is 0.641. The Morgan fingerprint density at radius 2 is 0.712 bits per heavy atom. The third kappa shape index (κ3) is 6.77. The van der Waals surface area contributed by atoms with Gasteiger partial charge in [0, 0.05) is 22.4 Å². The molecule has 0 saturated carbocycles. The van der Waals surface area contributed by atoms with Gasteiger partial charge in [-0.25, -0.2) is 9.97 Å². The van der Waals surface area contributed by atoms with Gasteiger partial charge in [0.2, 0.25) is 0 Å². The Kier molecular flexibility index (Phi) is 8.99. The molecule has 1 heterocycles. The molecule has 8 aromatic rings. The van der Waals surface area contributed by atoms with Crippen LogP contribution in [-0.4, -0.2) is 9.97 Å². The van der Waals surface area contributed by atoms with Crippen LogP contribution in [0.2, 0.25) is 0 Å². The van der Waals surface area contributed by atoms with Gasteiger partial charge in [0.25, 0.3) is 0 Å². The summed E-state index contributed by atoms with van der Waals surface area (Å²) < 4.78 is 0. The van der Waals surface area contributed by atoms with Crippen molar-refractivity contribution < 1.29 is 0 Å². The largest absolute Gasteiger partial charge is 0.308 e. The molecule has 3 nitrogen and oxygen atoms in total. The summed E-state index contributed by atoms with van der Waals surface area (Å²) >= 11 is 0. The lowest BCUT2D eigenvalue weighted by Crippen LogP contribution is -2.18. The zero-order valence-electron chi connectivity index (χ0n) is 29.4. The number of anilines is 3. The van der Waals surface area contributed by atoms with Crippen molar-refractivity contribution in [1.82, 2.24) is 9.97 Å². The van der Waals surface area contributed by atoms with Gasteiger partial charge in [0.1, 0.15) is 0 Å². The summed E-state index contributed by atoms with van der Waals surface area (Å²) in [5.41, 5.74) is 13.4. The van der Waals surface area contributed by atoms with Gasteiger partial charge in [-0.3, -0.25) is 0 Å². The predicted octanol–water partition coefficient (Wildman–Crippen LogP) is 12.9. The van der Waals surface area contributed by atoms with Crippen molar-refractivity contribution in [2.75, 3.05) is 4.90 Å². The Labute approximate surface area is 306 Å². The lowest BCUT2D eigenvalue weighted by atomic mass is 9.78. The van der Waals surface area contributed by atoms with Gasteiger partial charge < -0.3 is 4.90 Å². The molecule has 1 aromatic heterocycles. The predicted molar refractivity (Wildman–Crippen MR) is 217 cm³/mol. The molecular weight excluding hydrogens is 631 g/mol. The summed E-state index contributed by atoms with van der Waals surface area (Å²) in [6.07, 6.45) is 3.86. The first kappa shape index (κ1) is 32.6. The Hall–Kier alpha value is -6.58. The first-order chi connectivity index (χ1) is 25.5. The summed E-state index contributed by atoms with van der Waals surface area (Å²) in [7, 11) is 0. The molecule has 8 rings (SSSR count). The minimum Gasteiger partial charge on any atom is -0.308 e. The van der Waals surface area contributed by atoms with E-state index in [1.165, 1.54) is 38.9 Å². The van der Waals surface area contributed by atoms with Crippen LogP contribution in [0.25, 0.3) is 44.8 Å². The molecule has 52 heavy (non-hydrogen) atoms. The molecule has 250 valence electrons. The van der Waals surface area contributed by atoms with Crippen LogP contribution >= 0.6 is 0 Å². The van der Waals surface area contributed by atoms with E-state index in [0.717, 1.165) is 28.2 Å². The van der Waals surface area contributed by atoms with E-state index in [1.54, 1.807) is 0 Å². The molecule has 0 saturated heterocycles. The Morgan fingerprint density at radius 3 is 1.17 bits per heavy atom. The van der Waals surface area contributed by atoms with Crippen molar-refractivity contribution in [3.63, 3.8) is 0 Å². The number of hydrogen-bond acceptors (Lipinski definition) is 3. The van der Waals surface area contributed by atoms with Gasteiger partial charge in [0.15, 0.2) is 5.82 Å². The molecule has 0 amide bonds. The second kappa shape index (κ2) is 14.3. The van der Waals surface area contributed by atoms with E-state index < -0.39 is 0 Å². The van der Waals surface area contributed by atoms with Crippen molar-refractivity contribution in [2.24, 2.45) is 0 Å². The van der Waals surface area contributed by atoms with E-state index in [2.05, 4.69) is 195 Å². The van der Waals surface area contributed by atoms with Gasteiger partial charge in [0.05, 0.1) is 18.1 Å². The van der Waals surface area contributed by atoms with Crippen molar-refractivity contribution in [1.29, 1.82) is 0 Å². The van der Waals surface area contributed by atoms with E-state index in [0.29, 0.717) is 5.82 Å². The highest BCUT2D eigenvalue weighted by atomic mass is 15.2.